The van der Waals surface area contributed by atoms with E-state index in [4.69, 9.17) is 0 Å². The second-order valence-electron chi connectivity index (χ2n) is 6.88. The van der Waals surface area contributed by atoms with E-state index in [1.54, 1.807) is 17.8 Å². The van der Waals surface area contributed by atoms with Crippen LogP contribution in [0.4, 0.5) is 8.78 Å². The maximum Gasteiger partial charge on any atom is 0.282 e. The number of amides is 1. The molecule has 2 heterocycles. The maximum absolute atomic E-state index is 12.7. The van der Waals surface area contributed by atoms with Gasteiger partial charge in [0, 0.05) is 18.1 Å². The van der Waals surface area contributed by atoms with Crippen LogP contribution in [-0.2, 0) is 17.9 Å². The van der Waals surface area contributed by atoms with Gasteiger partial charge in [-0.1, -0.05) is 20.8 Å². The molecule has 1 atom stereocenters. The lowest BCUT2D eigenvalue weighted by Gasteiger charge is -2.31. The lowest BCUT2D eigenvalue weighted by Crippen LogP contribution is -2.47. The molecule has 0 bridgehead atoms. The van der Waals surface area contributed by atoms with Gasteiger partial charge in [-0.15, -0.1) is 0 Å². The van der Waals surface area contributed by atoms with Crippen molar-refractivity contribution < 1.29 is 13.6 Å². The molecule has 0 spiro atoms. The third-order valence-electron chi connectivity index (χ3n) is 3.83. The number of halogens is 2. The van der Waals surface area contributed by atoms with Crippen LogP contribution in [0.15, 0.2) is 24.5 Å². The molecule has 1 amide bonds. The third kappa shape index (κ3) is 4.62. The summed E-state index contributed by atoms with van der Waals surface area (Å²) < 4.78 is 28.4. The quantitative estimate of drug-likeness (QED) is 0.880. The predicted octanol–water partition coefficient (Wildman–Crippen LogP) is 2.56. The van der Waals surface area contributed by atoms with Crippen molar-refractivity contribution in [2.24, 2.45) is 5.41 Å². The molecule has 0 aromatic carbocycles. The molecule has 6 nitrogen and oxygen atoms in total. The molecule has 0 unspecified atom stereocenters. The maximum atomic E-state index is 12.7. The Bertz CT molecular complexity index is 673. The topological polar surface area (TPSA) is 64.7 Å². The molecule has 0 saturated carbocycles. The number of hydrogen-bond acceptors (Lipinski definition) is 3. The minimum absolute atomic E-state index is 0.0930. The number of nitrogens with one attached hydrogen (secondary N) is 1. The summed E-state index contributed by atoms with van der Waals surface area (Å²) in [7, 11) is 0. The predicted molar refractivity (Wildman–Crippen MR) is 85.5 cm³/mol. The van der Waals surface area contributed by atoms with Crippen LogP contribution in [-0.4, -0.2) is 31.5 Å². The molecule has 1 N–H and O–H groups in total. The Morgan fingerprint density at radius 2 is 2.08 bits per heavy atom. The molecule has 0 saturated heterocycles. The van der Waals surface area contributed by atoms with Crippen LogP contribution in [0, 0.1) is 12.3 Å². The standard InChI is InChI=1S/C16H23F2N5O/c1-11-8-12(15(17)18)21-23(11)10-14(24)20-13(16(2,3)4)9-22-7-5-6-19-22/h5-8,13,15H,9-10H2,1-4H3,(H,20,24)/t13-/m1/s1. The van der Waals surface area contributed by atoms with E-state index in [0.29, 0.717) is 12.2 Å². The van der Waals surface area contributed by atoms with Crippen LogP contribution in [0.3, 0.4) is 0 Å². The molecular weight excluding hydrogens is 316 g/mol. The van der Waals surface area contributed by atoms with Crippen molar-refractivity contribution in [3.05, 3.63) is 35.9 Å². The van der Waals surface area contributed by atoms with Gasteiger partial charge < -0.3 is 5.32 Å². The van der Waals surface area contributed by atoms with Gasteiger partial charge in [0.05, 0.1) is 12.6 Å². The van der Waals surface area contributed by atoms with Crippen LogP contribution < -0.4 is 5.32 Å². The Morgan fingerprint density at radius 1 is 1.38 bits per heavy atom. The first-order valence-electron chi connectivity index (χ1n) is 7.76. The SMILES string of the molecule is Cc1cc(C(F)F)nn1CC(=O)N[C@H](Cn1cccn1)C(C)(C)C. The van der Waals surface area contributed by atoms with Gasteiger partial charge in [0.1, 0.15) is 12.2 Å². The molecule has 0 radical (unpaired) electrons. The van der Waals surface area contributed by atoms with Crippen molar-refractivity contribution in [1.82, 2.24) is 24.9 Å². The first kappa shape index (κ1) is 18.1. The molecule has 2 aromatic heterocycles. The number of nitrogens with zero attached hydrogens (tertiary/aromatic N) is 4. The van der Waals surface area contributed by atoms with Gasteiger partial charge in [-0.05, 0) is 24.5 Å². The zero-order chi connectivity index (χ0) is 17.9. The Labute approximate surface area is 139 Å². The number of hydrogen-bond donors (Lipinski definition) is 1. The molecule has 132 valence electrons. The summed E-state index contributed by atoms with van der Waals surface area (Å²) in [6.07, 6.45) is 0.868. The van der Waals surface area contributed by atoms with Crippen LogP contribution >= 0.6 is 0 Å². The third-order valence-corrected chi connectivity index (χ3v) is 3.83. The minimum Gasteiger partial charge on any atom is -0.349 e. The van der Waals surface area contributed by atoms with E-state index in [1.165, 1.54) is 10.7 Å². The van der Waals surface area contributed by atoms with E-state index in [-0.39, 0.29) is 29.6 Å². The second kappa shape index (κ2) is 7.11. The molecule has 0 fully saturated rings. The molecule has 8 heteroatoms. The van der Waals surface area contributed by atoms with Crippen molar-refractivity contribution in [2.45, 2.75) is 53.3 Å². The highest BCUT2D eigenvalue weighted by Gasteiger charge is 2.27. The average molecular weight is 339 g/mol. The number of carbonyl (C=O) groups is 1. The Kier molecular flexibility index (Phi) is 5.36. The van der Waals surface area contributed by atoms with Gasteiger partial charge in [0.2, 0.25) is 5.91 Å². The van der Waals surface area contributed by atoms with Crippen molar-refractivity contribution in [2.75, 3.05) is 0 Å². The Morgan fingerprint density at radius 3 is 2.58 bits per heavy atom. The van der Waals surface area contributed by atoms with E-state index < -0.39 is 6.43 Å². The zero-order valence-electron chi connectivity index (χ0n) is 14.3. The molecule has 2 aromatic rings. The number of aromatic nitrogens is 4. The summed E-state index contributed by atoms with van der Waals surface area (Å²) in [5.74, 6) is -0.269. The van der Waals surface area contributed by atoms with Crippen molar-refractivity contribution in [3.8, 4) is 0 Å². The minimum atomic E-state index is -2.64. The van der Waals surface area contributed by atoms with Crippen LogP contribution in [0.5, 0.6) is 0 Å². The molecule has 2 rings (SSSR count). The summed E-state index contributed by atoms with van der Waals surface area (Å²) in [5.41, 5.74) is 0.0265. The van der Waals surface area contributed by atoms with Crippen LogP contribution in [0.1, 0.15) is 38.6 Å². The van der Waals surface area contributed by atoms with Gasteiger partial charge >= 0.3 is 0 Å². The number of alkyl halides is 2. The highest BCUT2D eigenvalue weighted by molar-refractivity contribution is 5.76. The highest BCUT2D eigenvalue weighted by atomic mass is 19.3. The molecule has 24 heavy (non-hydrogen) atoms. The fourth-order valence-corrected chi connectivity index (χ4v) is 2.31. The molecule has 0 aliphatic carbocycles. The van der Waals surface area contributed by atoms with E-state index in [1.807, 2.05) is 33.0 Å². The number of carbonyl (C=O) groups excluding carboxylic acids is 1. The van der Waals surface area contributed by atoms with Gasteiger partial charge in [-0.3, -0.25) is 14.2 Å². The normalized spacial score (nSPS) is 13.3. The number of aryl methyl sites for hydroxylation is 1. The monoisotopic (exact) mass is 339 g/mol. The van der Waals surface area contributed by atoms with Crippen LogP contribution in [0.2, 0.25) is 0 Å². The summed E-state index contributed by atoms with van der Waals surface area (Å²) >= 11 is 0. The van der Waals surface area contributed by atoms with E-state index in [0.717, 1.165) is 0 Å². The first-order valence-corrected chi connectivity index (χ1v) is 7.76. The van der Waals surface area contributed by atoms with Crippen molar-refractivity contribution in [3.63, 3.8) is 0 Å². The smallest absolute Gasteiger partial charge is 0.282 e. The van der Waals surface area contributed by atoms with Crippen molar-refractivity contribution in [1.29, 1.82) is 0 Å². The lowest BCUT2D eigenvalue weighted by atomic mass is 9.86. The molecular formula is C16H23F2N5O. The first-order chi connectivity index (χ1) is 11.2. The summed E-state index contributed by atoms with van der Waals surface area (Å²) in [4.78, 5) is 12.3. The van der Waals surface area contributed by atoms with Gasteiger partial charge in [0.15, 0.2) is 0 Å². The van der Waals surface area contributed by atoms with Gasteiger partial charge in [-0.2, -0.15) is 10.2 Å². The molecule has 0 aliphatic heterocycles. The summed E-state index contributed by atoms with van der Waals surface area (Å²) in [6.45, 7) is 8.16. The van der Waals surface area contributed by atoms with E-state index in [9.17, 15) is 13.6 Å². The number of rotatable bonds is 6. The molecule has 0 aliphatic rings. The van der Waals surface area contributed by atoms with Gasteiger partial charge in [-0.25, -0.2) is 8.78 Å². The van der Waals surface area contributed by atoms with Gasteiger partial charge in [0.25, 0.3) is 6.43 Å². The van der Waals surface area contributed by atoms with Crippen molar-refractivity contribution >= 4 is 5.91 Å². The lowest BCUT2D eigenvalue weighted by molar-refractivity contribution is -0.123. The summed E-state index contributed by atoms with van der Waals surface area (Å²) in [6, 6.07) is 2.96. The fourth-order valence-electron chi connectivity index (χ4n) is 2.31. The Balaban J connectivity index is 2.05. The largest absolute Gasteiger partial charge is 0.349 e. The average Bonchev–Trinajstić information content (AvgIpc) is 3.08. The van der Waals surface area contributed by atoms with E-state index in [2.05, 4.69) is 15.5 Å². The van der Waals surface area contributed by atoms with E-state index >= 15 is 0 Å². The Hall–Kier alpha value is -2.25. The van der Waals surface area contributed by atoms with Crippen LogP contribution in [0.25, 0.3) is 0 Å². The summed E-state index contributed by atoms with van der Waals surface area (Å²) in [5, 5.41) is 10.9. The second-order valence-corrected chi connectivity index (χ2v) is 6.88. The highest BCUT2D eigenvalue weighted by Crippen LogP contribution is 2.21. The zero-order valence-corrected chi connectivity index (χ0v) is 14.3. The fraction of sp³-hybridized carbons (Fsp3) is 0.562.